The predicted molar refractivity (Wildman–Crippen MR) is 53.5 cm³/mol. The molecular weight excluding hydrogens is 272 g/mol. The van der Waals surface area contributed by atoms with Gasteiger partial charge in [-0.05, 0) is 28.1 Å². The second-order valence-electron chi connectivity index (χ2n) is 2.70. The van der Waals surface area contributed by atoms with E-state index in [0.717, 1.165) is 6.07 Å². The van der Waals surface area contributed by atoms with Crippen molar-refractivity contribution >= 4 is 21.8 Å². The molecule has 3 nitrogen and oxygen atoms in total. The molecule has 2 N–H and O–H groups in total. The Kier molecular flexibility index (Phi) is 4.16. The molecular formula is C9H8BrF2NO2. The zero-order valence-electron chi connectivity index (χ0n) is 7.56. The normalized spacial score (nSPS) is 10.1. The summed E-state index contributed by atoms with van der Waals surface area (Å²) in [7, 11) is 0. The number of aliphatic hydroxyl groups is 1. The predicted octanol–water partition coefficient (Wildman–Crippen LogP) is 1.45. The molecule has 0 aliphatic carbocycles. The van der Waals surface area contributed by atoms with Gasteiger partial charge in [-0.25, -0.2) is 8.78 Å². The van der Waals surface area contributed by atoms with Crippen LogP contribution >= 0.6 is 15.9 Å². The van der Waals surface area contributed by atoms with Gasteiger partial charge < -0.3 is 10.4 Å². The highest BCUT2D eigenvalue weighted by molar-refractivity contribution is 9.10. The van der Waals surface area contributed by atoms with Crippen molar-refractivity contribution in [2.45, 2.75) is 0 Å². The van der Waals surface area contributed by atoms with E-state index in [9.17, 15) is 13.6 Å². The molecule has 0 aliphatic heterocycles. The summed E-state index contributed by atoms with van der Waals surface area (Å²) in [5.74, 6) is -2.78. The highest BCUT2D eigenvalue weighted by Crippen LogP contribution is 2.21. The van der Waals surface area contributed by atoms with Gasteiger partial charge in [-0.3, -0.25) is 4.79 Å². The number of hydrogen-bond acceptors (Lipinski definition) is 2. The molecule has 0 unspecified atom stereocenters. The highest BCUT2D eigenvalue weighted by Gasteiger charge is 2.18. The molecule has 0 bridgehead atoms. The van der Waals surface area contributed by atoms with E-state index < -0.39 is 23.1 Å². The number of benzene rings is 1. The number of rotatable bonds is 3. The van der Waals surface area contributed by atoms with Crippen LogP contribution in [0.2, 0.25) is 0 Å². The number of aliphatic hydroxyl groups excluding tert-OH is 1. The van der Waals surface area contributed by atoms with Gasteiger partial charge >= 0.3 is 0 Å². The first-order valence-corrected chi connectivity index (χ1v) is 4.89. The van der Waals surface area contributed by atoms with Gasteiger partial charge in [-0.15, -0.1) is 0 Å². The summed E-state index contributed by atoms with van der Waals surface area (Å²) in [6, 6.07) is 2.16. The fraction of sp³-hybridized carbons (Fsp3) is 0.222. The Morgan fingerprint density at radius 1 is 1.47 bits per heavy atom. The lowest BCUT2D eigenvalue weighted by molar-refractivity contribution is 0.0936. The summed E-state index contributed by atoms with van der Waals surface area (Å²) in [6.45, 7) is -0.340. The fourth-order valence-electron chi connectivity index (χ4n) is 0.993. The molecule has 1 aromatic carbocycles. The van der Waals surface area contributed by atoms with Crippen molar-refractivity contribution < 1.29 is 18.7 Å². The van der Waals surface area contributed by atoms with E-state index in [1.165, 1.54) is 6.07 Å². The maximum atomic E-state index is 13.3. The standard InChI is InChI=1S/C9H8BrF2NO2/c10-5-1-2-6(11)7(8(5)12)9(15)13-3-4-14/h1-2,14H,3-4H2,(H,13,15). The van der Waals surface area contributed by atoms with Crippen LogP contribution in [-0.4, -0.2) is 24.2 Å². The third-order valence-corrected chi connectivity index (χ3v) is 2.28. The average molecular weight is 280 g/mol. The topological polar surface area (TPSA) is 49.3 Å². The van der Waals surface area contributed by atoms with Gasteiger partial charge in [0.05, 0.1) is 11.1 Å². The molecule has 0 saturated carbocycles. The number of carbonyl (C=O) groups is 1. The molecule has 0 spiro atoms. The Morgan fingerprint density at radius 3 is 2.73 bits per heavy atom. The van der Waals surface area contributed by atoms with Crippen LogP contribution in [-0.2, 0) is 0 Å². The van der Waals surface area contributed by atoms with Crippen molar-refractivity contribution in [2.24, 2.45) is 0 Å². The van der Waals surface area contributed by atoms with E-state index in [1.807, 2.05) is 0 Å². The summed E-state index contributed by atoms with van der Waals surface area (Å²) in [5, 5.41) is 10.6. The lowest BCUT2D eigenvalue weighted by atomic mass is 10.2. The maximum absolute atomic E-state index is 13.3. The summed E-state index contributed by atoms with van der Waals surface area (Å²) < 4.78 is 26.5. The summed E-state index contributed by atoms with van der Waals surface area (Å²) in [6.07, 6.45) is 0. The van der Waals surface area contributed by atoms with Gasteiger partial charge in [-0.2, -0.15) is 0 Å². The summed E-state index contributed by atoms with van der Waals surface area (Å²) >= 11 is 2.85. The van der Waals surface area contributed by atoms with Crippen LogP contribution in [0.1, 0.15) is 10.4 Å². The second kappa shape index (κ2) is 5.18. The van der Waals surface area contributed by atoms with Gasteiger partial charge in [0.1, 0.15) is 11.4 Å². The Balaban J connectivity index is 3.02. The van der Waals surface area contributed by atoms with Crippen molar-refractivity contribution in [3.8, 4) is 0 Å². The number of hydrogen-bond donors (Lipinski definition) is 2. The molecule has 0 radical (unpaired) electrons. The monoisotopic (exact) mass is 279 g/mol. The Bertz CT molecular complexity index is 385. The summed E-state index contributed by atoms with van der Waals surface area (Å²) in [4.78, 5) is 11.3. The minimum Gasteiger partial charge on any atom is -0.395 e. The van der Waals surface area contributed by atoms with Crippen LogP contribution in [0, 0.1) is 11.6 Å². The molecule has 0 heterocycles. The average Bonchev–Trinajstić information content (AvgIpc) is 2.21. The Morgan fingerprint density at radius 2 is 2.13 bits per heavy atom. The van der Waals surface area contributed by atoms with E-state index in [2.05, 4.69) is 21.2 Å². The molecule has 82 valence electrons. The smallest absolute Gasteiger partial charge is 0.257 e. The van der Waals surface area contributed by atoms with Crippen molar-refractivity contribution in [3.63, 3.8) is 0 Å². The van der Waals surface area contributed by atoms with Crippen molar-refractivity contribution in [3.05, 3.63) is 33.8 Å². The minimum absolute atomic E-state index is 0.0121. The van der Waals surface area contributed by atoms with Crippen molar-refractivity contribution in [2.75, 3.05) is 13.2 Å². The van der Waals surface area contributed by atoms with Gasteiger partial charge in [0, 0.05) is 6.54 Å². The number of nitrogens with one attached hydrogen (secondary N) is 1. The molecule has 0 aromatic heterocycles. The first-order valence-electron chi connectivity index (χ1n) is 4.10. The minimum atomic E-state index is -0.953. The molecule has 0 saturated heterocycles. The first-order chi connectivity index (χ1) is 7.07. The van der Waals surface area contributed by atoms with E-state index in [4.69, 9.17) is 5.11 Å². The third kappa shape index (κ3) is 2.73. The molecule has 15 heavy (non-hydrogen) atoms. The number of halogens is 3. The Hall–Kier alpha value is -1.01. The molecule has 0 aliphatic rings. The van der Waals surface area contributed by atoms with E-state index in [-0.39, 0.29) is 17.6 Å². The van der Waals surface area contributed by atoms with Crippen molar-refractivity contribution in [1.29, 1.82) is 0 Å². The van der Waals surface area contributed by atoms with Crippen LogP contribution in [0.5, 0.6) is 0 Å². The summed E-state index contributed by atoms with van der Waals surface area (Å²) in [5.41, 5.74) is -0.655. The molecule has 1 rings (SSSR count). The van der Waals surface area contributed by atoms with E-state index in [1.54, 1.807) is 0 Å². The van der Waals surface area contributed by atoms with Crippen LogP contribution in [0.25, 0.3) is 0 Å². The van der Waals surface area contributed by atoms with E-state index in [0.29, 0.717) is 0 Å². The third-order valence-electron chi connectivity index (χ3n) is 1.67. The van der Waals surface area contributed by atoms with Crippen LogP contribution in [0.4, 0.5) is 8.78 Å². The fourth-order valence-corrected chi connectivity index (χ4v) is 1.32. The van der Waals surface area contributed by atoms with Gasteiger partial charge in [0.25, 0.3) is 5.91 Å². The lowest BCUT2D eigenvalue weighted by Crippen LogP contribution is -2.28. The van der Waals surface area contributed by atoms with Crippen molar-refractivity contribution in [1.82, 2.24) is 5.32 Å². The Labute approximate surface area is 93.2 Å². The lowest BCUT2D eigenvalue weighted by Gasteiger charge is -2.06. The quantitative estimate of drug-likeness (QED) is 0.823. The molecule has 0 fully saturated rings. The van der Waals surface area contributed by atoms with Crippen LogP contribution in [0.15, 0.2) is 16.6 Å². The number of carbonyl (C=O) groups excluding carboxylic acids is 1. The van der Waals surface area contributed by atoms with E-state index >= 15 is 0 Å². The number of amides is 1. The molecule has 1 amide bonds. The van der Waals surface area contributed by atoms with Crippen LogP contribution in [0.3, 0.4) is 0 Å². The maximum Gasteiger partial charge on any atom is 0.257 e. The highest BCUT2D eigenvalue weighted by atomic mass is 79.9. The SMILES string of the molecule is O=C(NCCO)c1c(F)ccc(Br)c1F. The van der Waals surface area contributed by atoms with Gasteiger partial charge in [0.15, 0.2) is 5.82 Å². The molecule has 1 aromatic rings. The van der Waals surface area contributed by atoms with Crippen LogP contribution < -0.4 is 5.32 Å². The van der Waals surface area contributed by atoms with Gasteiger partial charge in [0.2, 0.25) is 0 Å². The molecule has 6 heteroatoms. The molecule has 0 atom stereocenters. The first kappa shape index (κ1) is 12.1. The van der Waals surface area contributed by atoms with Gasteiger partial charge in [-0.1, -0.05) is 0 Å². The largest absolute Gasteiger partial charge is 0.395 e. The zero-order chi connectivity index (χ0) is 11.4. The zero-order valence-corrected chi connectivity index (χ0v) is 9.14. The second-order valence-corrected chi connectivity index (χ2v) is 3.55.